The molecule has 0 bridgehead atoms. The van der Waals surface area contributed by atoms with Crippen LogP contribution in [0.1, 0.15) is 42.1 Å². The van der Waals surface area contributed by atoms with Crippen molar-refractivity contribution in [3.8, 4) is 0 Å². The number of nitrogens with one attached hydrogen (secondary N) is 1. The standard InChI is InChI=1S/C20H25NO3S/c1-14-10-11-15(2)19(12-14)13-25(23,24)17(4)20(22)21-16(3)18-8-6-5-7-9-18/h5-12,16-17H,13H2,1-4H3,(H,21,22)/t16-,17-/m1/s1. The predicted octanol–water partition coefficient (Wildman–Crippen LogP) is 3.48. The van der Waals surface area contributed by atoms with Crippen LogP contribution in [0, 0.1) is 13.8 Å². The first-order chi connectivity index (χ1) is 11.7. The van der Waals surface area contributed by atoms with E-state index in [4.69, 9.17) is 0 Å². The van der Waals surface area contributed by atoms with E-state index >= 15 is 0 Å². The van der Waals surface area contributed by atoms with E-state index in [1.54, 1.807) is 0 Å². The summed E-state index contributed by atoms with van der Waals surface area (Å²) in [6.45, 7) is 7.10. The zero-order valence-corrected chi connectivity index (χ0v) is 15.9. The number of hydrogen-bond donors (Lipinski definition) is 1. The molecule has 5 heteroatoms. The van der Waals surface area contributed by atoms with Gasteiger partial charge < -0.3 is 5.32 Å². The van der Waals surface area contributed by atoms with Crippen LogP contribution >= 0.6 is 0 Å². The second-order valence-corrected chi connectivity index (χ2v) is 8.84. The molecular formula is C20H25NO3S. The second-order valence-electron chi connectivity index (χ2n) is 6.52. The molecule has 0 fully saturated rings. The SMILES string of the molecule is Cc1ccc(C)c(CS(=O)(=O)[C@H](C)C(=O)N[C@H](C)c2ccccc2)c1. The molecule has 4 nitrogen and oxygen atoms in total. The minimum Gasteiger partial charge on any atom is -0.348 e. The van der Waals surface area contributed by atoms with E-state index in [9.17, 15) is 13.2 Å². The van der Waals surface area contributed by atoms with E-state index in [-0.39, 0.29) is 11.8 Å². The molecule has 0 aliphatic heterocycles. The van der Waals surface area contributed by atoms with Gasteiger partial charge in [-0.15, -0.1) is 0 Å². The molecule has 0 spiro atoms. The largest absolute Gasteiger partial charge is 0.348 e. The van der Waals surface area contributed by atoms with Crippen molar-refractivity contribution in [2.24, 2.45) is 0 Å². The Morgan fingerprint density at radius 3 is 2.32 bits per heavy atom. The summed E-state index contributed by atoms with van der Waals surface area (Å²) in [4.78, 5) is 12.4. The Labute approximate surface area is 150 Å². The fourth-order valence-electron chi connectivity index (χ4n) is 2.62. The second kappa shape index (κ2) is 7.83. The van der Waals surface area contributed by atoms with Crippen LogP contribution in [0.15, 0.2) is 48.5 Å². The molecule has 0 heterocycles. The third-order valence-electron chi connectivity index (χ3n) is 4.43. The highest BCUT2D eigenvalue weighted by Crippen LogP contribution is 2.18. The van der Waals surface area contributed by atoms with Crippen molar-refractivity contribution in [3.63, 3.8) is 0 Å². The Bertz CT molecular complexity index is 844. The van der Waals surface area contributed by atoms with Crippen LogP contribution in [0.25, 0.3) is 0 Å². The Kier molecular flexibility index (Phi) is 6.01. The van der Waals surface area contributed by atoms with Crippen molar-refractivity contribution in [2.45, 2.75) is 44.7 Å². The van der Waals surface area contributed by atoms with Crippen LogP contribution in [-0.2, 0) is 20.4 Å². The summed E-state index contributed by atoms with van der Waals surface area (Å²) in [7, 11) is -3.59. The summed E-state index contributed by atoms with van der Waals surface area (Å²) < 4.78 is 25.3. The van der Waals surface area contributed by atoms with Crippen molar-refractivity contribution in [2.75, 3.05) is 0 Å². The molecule has 2 aromatic rings. The van der Waals surface area contributed by atoms with E-state index in [0.29, 0.717) is 0 Å². The van der Waals surface area contributed by atoms with E-state index in [1.807, 2.05) is 69.3 Å². The van der Waals surface area contributed by atoms with Gasteiger partial charge in [0, 0.05) is 0 Å². The zero-order chi connectivity index (χ0) is 18.6. The van der Waals surface area contributed by atoms with Gasteiger partial charge in [-0.25, -0.2) is 8.42 Å². The molecule has 1 amide bonds. The van der Waals surface area contributed by atoms with Crippen LogP contribution in [-0.4, -0.2) is 19.6 Å². The van der Waals surface area contributed by atoms with E-state index in [0.717, 1.165) is 22.3 Å². The first-order valence-electron chi connectivity index (χ1n) is 8.33. The Balaban J connectivity index is 2.10. The van der Waals surface area contributed by atoms with Gasteiger partial charge in [0.2, 0.25) is 5.91 Å². The summed E-state index contributed by atoms with van der Waals surface area (Å²) in [5, 5.41) is 1.70. The molecule has 2 atom stereocenters. The normalized spacial score (nSPS) is 13.9. The molecule has 0 aliphatic rings. The molecule has 0 radical (unpaired) electrons. The van der Waals surface area contributed by atoms with E-state index in [2.05, 4.69) is 5.32 Å². The molecule has 0 unspecified atom stereocenters. The van der Waals surface area contributed by atoms with Gasteiger partial charge in [0.05, 0.1) is 11.8 Å². The van der Waals surface area contributed by atoms with Crippen LogP contribution in [0.5, 0.6) is 0 Å². The van der Waals surface area contributed by atoms with E-state index in [1.165, 1.54) is 6.92 Å². The van der Waals surface area contributed by atoms with Crippen LogP contribution < -0.4 is 5.32 Å². The summed E-state index contributed by atoms with van der Waals surface area (Å²) in [6.07, 6.45) is 0. The monoisotopic (exact) mass is 359 g/mol. The van der Waals surface area contributed by atoms with Crippen LogP contribution in [0.3, 0.4) is 0 Å². The Morgan fingerprint density at radius 1 is 1.04 bits per heavy atom. The van der Waals surface area contributed by atoms with Gasteiger partial charge in [0.15, 0.2) is 9.84 Å². The number of amides is 1. The maximum atomic E-state index is 12.7. The highest BCUT2D eigenvalue weighted by molar-refractivity contribution is 7.92. The lowest BCUT2D eigenvalue weighted by Crippen LogP contribution is -2.39. The van der Waals surface area contributed by atoms with Gasteiger partial charge in [0.1, 0.15) is 5.25 Å². The maximum Gasteiger partial charge on any atom is 0.238 e. The number of hydrogen-bond acceptors (Lipinski definition) is 3. The Hall–Kier alpha value is -2.14. The van der Waals surface area contributed by atoms with Crippen molar-refractivity contribution < 1.29 is 13.2 Å². The van der Waals surface area contributed by atoms with Gasteiger partial charge in [-0.05, 0) is 44.4 Å². The molecule has 2 rings (SSSR count). The minimum atomic E-state index is -3.59. The van der Waals surface area contributed by atoms with Gasteiger partial charge in [0.25, 0.3) is 0 Å². The van der Waals surface area contributed by atoms with Gasteiger partial charge in [-0.3, -0.25) is 4.79 Å². The highest BCUT2D eigenvalue weighted by atomic mass is 32.2. The molecule has 25 heavy (non-hydrogen) atoms. The lowest BCUT2D eigenvalue weighted by atomic mass is 10.1. The zero-order valence-electron chi connectivity index (χ0n) is 15.1. The smallest absolute Gasteiger partial charge is 0.238 e. The van der Waals surface area contributed by atoms with Crippen molar-refractivity contribution in [1.29, 1.82) is 0 Å². The first-order valence-corrected chi connectivity index (χ1v) is 10.1. The van der Waals surface area contributed by atoms with Crippen molar-refractivity contribution in [1.82, 2.24) is 5.32 Å². The third-order valence-corrected chi connectivity index (χ3v) is 6.43. The number of carbonyl (C=O) groups excluding carboxylic acids is 1. The van der Waals surface area contributed by atoms with Crippen LogP contribution in [0.2, 0.25) is 0 Å². The van der Waals surface area contributed by atoms with Crippen molar-refractivity contribution >= 4 is 15.7 Å². The average molecular weight is 359 g/mol. The summed E-state index contributed by atoms with van der Waals surface area (Å²) in [6, 6.07) is 15.0. The number of aryl methyl sites for hydroxylation is 2. The summed E-state index contributed by atoms with van der Waals surface area (Å²) >= 11 is 0. The fraction of sp³-hybridized carbons (Fsp3) is 0.350. The molecule has 134 valence electrons. The molecule has 0 saturated carbocycles. The maximum absolute atomic E-state index is 12.7. The Morgan fingerprint density at radius 2 is 1.68 bits per heavy atom. The minimum absolute atomic E-state index is 0.130. The molecular weight excluding hydrogens is 334 g/mol. The lowest BCUT2D eigenvalue weighted by Gasteiger charge is -2.19. The van der Waals surface area contributed by atoms with Gasteiger partial charge in [-0.1, -0.05) is 54.1 Å². The number of carbonyl (C=O) groups is 1. The quantitative estimate of drug-likeness (QED) is 0.859. The topological polar surface area (TPSA) is 63.2 Å². The summed E-state index contributed by atoms with van der Waals surface area (Å²) in [5.74, 6) is -0.601. The summed E-state index contributed by atoms with van der Waals surface area (Å²) in [5.41, 5.74) is 3.61. The van der Waals surface area contributed by atoms with Crippen LogP contribution in [0.4, 0.5) is 0 Å². The predicted molar refractivity (Wildman–Crippen MR) is 101 cm³/mol. The molecule has 0 saturated heterocycles. The highest BCUT2D eigenvalue weighted by Gasteiger charge is 2.29. The fourth-order valence-corrected chi connectivity index (χ4v) is 4.01. The third kappa shape index (κ3) is 4.92. The van der Waals surface area contributed by atoms with Crippen molar-refractivity contribution in [3.05, 3.63) is 70.8 Å². The molecule has 1 N–H and O–H groups in total. The molecule has 0 aromatic heterocycles. The number of rotatable bonds is 6. The van der Waals surface area contributed by atoms with Gasteiger partial charge >= 0.3 is 0 Å². The number of sulfone groups is 1. The van der Waals surface area contributed by atoms with Gasteiger partial charge in [-0.2, -0.15) is 0 Å². The average Bonchev–Trinajstić information content (AvgIpc) is 2.57. The molecule has 0 aliphatic carbocycles. The molecule has 2 aromatic carbocycles. The lowest BCUT2D eigenvalue weighted by molar-refractivity contribution is -0.121. The number of benzene rings is 2. The van der Waals surface area contributed by atoms with E-state index < -0.39 is 21.0 Å². The first kappa shape index (κ1) is 19.2.